The summed E-state index contributed by atoms with van der Waals surface area (Å²) < 4.78 is 32.2. The quantitative estimate of drug-likeness (QED) is 0.692. The SMILES string of the molecule is C[C@@H](NC(=O)CSc1ccc(F)cc1F)[C@@H](c1ccccc1)[NH+]1CCOCC1. The lowest BCUT2D eigenvalue weighted by Gasteiger charge is -2.35. The van der Waals surface area contributed by atoms with Crippen LogP contribution < -0.4 is 10.2 Å². The van der Waals surface area contributed by atoms with Crippen molar-refractivity contribution in [1.82, 2.24) is 5.32 Å². The smallest absolute Gasteiger partial charge is 0.230 e. The second kappa shape index (κ2) is 10.0. The van der Waals surface area contributed by atoms with Crippen LogP contribution in [0.1, 0.15) is 18.5 Å². The number of amides is 1. The van der Waals surface area contributed by atoms with E-state index in [9.17, 15) is 13.6 Å². The van der Waals surface area contributed by atoms with Crippen LogP contribution in [0.5, 0.6) is 0 Å². The summed E-state index contributed by atoms with van der Waals surface area (Å²) in [5, 5.41) is 3.06. The fourth-order valence-corrected chi connectivity index (χ4v) is 4.33. The van der Waals surface area contributed by atoms with Crippen LogP contribution in [0.4, 0.5) is 8.78 Å². The molecule has 4 nitrogen and oxygen atoms in total. The first-order chi connectivity index (χ1) is 13.5. The molecule has 0 bridgehead atoms. The lowest BCUT2D eigenvalue weighted by molar-refractivity contribution is -0.940. The first-order valence-corrected chi connectivity index (χ1v) is 10.4. The van der Waals surface area contributed by atoms with Gasteiger partial charge in [0.25, 0.3) is 0 Å². The molecule has 0 saturated carbocycles. The Labute approximate surface area is 168 Å². The molecule has 0 unspecified atom stereocenters. The van der Waals surface area contributed by atoms with Crippen LogP contribution in [-0.2, 0) is 9.53 Å². The van der Waals surface area contributed by atoms with Crippen LogP contribution >= 0.6 is 11.8 Å². The molecular weight excluding hydrogens is 382 g/mol. The lowest BCUT2D eigenvalue weighted by atomic mass is 9.98. The summed E-state index contributed by atoms with van der Waals surface area (Å²) in [6.45, 7) is 5.18. The van der Waals surface area contributed by atoms with Gasteiger partial charge in [0.15, 0.2) is 0 Å². The van der Waals surface area contributed by atoms with Gasteiger partial charge in [-0.3, -0.25) is 4.79 Å². The van der Waals surface area contributed by atoms with E-state index in [4.69, 9.17) is 4.74 Å². The Morgan fingerprint density at radius 1 is 1.18 bits per heavy atom. The largest absolute Gasteiger partial charge is 0.370 e. The molecule has 1 aliphatic rings. The summed E-state index contributed by atoms with van der Waals surface area (Å²) in [5.74, 6) is -1.37. The van der Waals surface area contributed by atoms with Crippen LogP contribution in [0.2, 0.25) is 0 Å². The minimum Gasteiger partial charge on any atom is -0.370 e. The second-order valence-electron chi connectivity index (χ2n) is 6.88. The van der Waals surface area contributed by atoms with Crippen molar-refractivity contribution in [3.8, 4) is 0 Å². The molecule has 28 heavy (non-hydrogen) atoms. The zero-order chi connectivity index (χ0) is 19.9. The molecule has 2 aromatic rings. The molecule has 2 N–H and O–H groups in total. The summed E-state index contributed by atoms with van der Waals surface area (Å²) >= 11 is 1.07. The third-order valence-electron chi connectivity index (χ3n) is 4.87. The normalized spacial score (nSPS) is 17.1. The molecule has 1 aliphatic heterocycles. The number of rotatable bonds is 7. The fraction of sp³-hybridized carbons (Fsp3) is 0.381. The van der Waals surface area contributed by atoms with Crippen molar-refractivity contribution >= 4 is 17.7 Å². The number of thioether (sulfide) groups is 1. The van der Waals surface area contributed by atoms with Gasteiger partial charge in [-0.05, 0) is 19.1 Å². The molecule has 1 saturated heterocycles. The van der Waals surface area contributed by atoms with Gasteiger partial charge in [0, 0.05) is 16.5 Å². The van der Waals surface area contributed by atoms with Crippen molar-refractivity contribution in [3.63, 3.8) is 0 Å². The minimum atomic E-state index is -0.647. The summed E-state index contributed by atoms with van der Waals surface area (Å²) in [5.41, 5.74) is 1.17. The summed E-state index contributed by atoms with van der Waals surface area (Å²) in [4.78, 5) is 14.1. The second-order valence-corrected chi connectivity index (χ2v) is 7.90. The predicted octanol–water partition coefficient (Wildman–Crippen LogP) is 2.22. The first-order valence-electron chi connectivity index (χ1n) is 9.39. The van der Waals surface area contributed by atoms with Crippen molar-refractivity contribution < 1.29 is 23.2 Å². The number of hydrogen-bond donors (Lipinski definition) is 2. The predicted molar refractivity (Wildman–Crippen MR) is 105 cm³/mol. The van der Waals surface area contributed by atoms with Crippen molar-refractivity contribution in [2.24, 2.45) is 0 Å². The van der Waals surface area contributed by atoms with Crippen molar-refractivity contribution in [2.45, 2.75) is 23.9 Å². The van der Waals surface area contributed by atoms with E-state index in [0.717, 1.165) is 30.9 Å². The van der Waals surface area contributed by atoms with E-state index in [1.807, 2.05) is 25.1 Å². The number of carbonyl (C=O) groups excluding carboxylic acids is 1. The van der Waals surface area contributed by atoms with Gasteiger partial charge in [-0.2, -0.15) is 0 Å². The van der Waals surface area contributed by atoms with E-state index in [0.29, 0.717) is 13.2 Å². The van der Waals surface area contributed by atoms with E-state index in [-0.39, 0.29) is 28.6 Å². The highest BCUT2D eigenvalue weighted by Gasteiger charge is 2.32. The standard InChI is InChI=1S/C21H24F2N2O2S/c1-15(24-20(26)14-28-19-8-7-17(22)13-18(19)23)21(16-5-3-2-4-6-16)25-9-11-27-12-10-25/h2-8,13,15,21H,9-12,14H2,1H3,(H,24,26)/p+1/t15-,21+/m1/s1. The molecule has 0 aliphatic carbocycles. The van der Waals surface area contributed by atoms with Gasteiger partial charge in [0.2, 0.25) is 5.91 Å². The number of nitrogens with one attached hydrogen (secondary N) is 2. The summed E-state index contributed by atoms with van der Waals surface area (Å²) in [6, 6.07) is 13.5. The number of hydrogen-bond acceptors (Lipinski definition) is 3. The van der Waals surface area contributed by atoms with E-state index >= 15 is 0 Å². The van der Waals surface area contributed by atoms with E-state index in [2.05, 4.69) is 17.4 Å². The third-order valence-corrected chi connectivity index (χ3v) is 5.92. The average Bonchev–Trinajstić information content (AvgIpc) is 2.69. The van der Waals surface area contributed by atoms with Crippen LogP contribution in [-0.4, -0.2) is 44.0 Å². The highest BCUT2D eigenvalue weighted by Crippen LogP contribution is 2.22. The van der Waals surface area contributed by atoms with Gasteiger partial charge in [0.05, 0.1) is 25.0 Å². The van der Waals surface area contributed by atoms with E-state index < -0.39 is 11.6 Å². The zero-order valence-corrected chi connectivity index (χ0v) is 16.6. The lowest BCUT2D eigenvalue weighted by Crippen LogP contribution is -3.15. The minimum absolute atomic E-state index is 0.0762. The van der Waals surface area contributed by atoms with Crippen LogP contribution in [0, 0.1) is 11.6 Å². The van der Waals surface area contributed by atoms with Gasteiger partial charge in [0.1, 0.15) is 30.8 Å². The summed E-state index contributed by atoms with van der Waals surface area (Å²) in [6.07, 6.45) is 0. The van der Waals surface area contributed by atoms with Crippen LogP contribution in [0.25, 0.3) is 0 Å². The molecule has 0 spiro atoms. The number of carbonyl (C=O) groups is 1. The molecule has 1 fully saturated rings. The zero-order valence-electron chi connectivity index (χ0n) is 15.8. The molecule has 3 rings (SSSR count). The Balaban J connectivity index is 1.63. The maximum Gasteiger partial charge on any atom is 0.230 e. The number of ether oxygens (including phenoxy) is 1. The van der Waals surface area contributed by atoms with Gasteiger partial charge >= 0.3 is 0 Å². The van der Waals surface area contributed by atoms with Crippen LogP contribution in [0.3, 0.4) is 0 Å². The topological polar surface area (TPSA) is 42.8 Å². The summed E-state index contributed by atoms with van der Waals surface area (Å²) in [7, 11) is 0. The van der Waals surface area contributed by atoms with E-state index in [1.165, 1.54) is 22.6 Å². The van der Waals surface area contributed by atoms with Gasteiger partial charge in [-0.15, -0.1) is 11.8 Å². The fourth-order valence-electron chi connectivity index (χ4n) is 3.60. The van der Waals surface area contributed by atoms with Crippen molar-refractivity contribution in [1.29, 1.82) is 0 Å². The molecule has 7 heteroatoms. The Morgan fingerprint density at radius 2 is 1.89 bits per heavy atom. The molecular formula is C21H25F2N2O2S+. The Bertz CT molecular complexity index is 785. The third kappa shape index (κ3) is 5.53. The highest BCUT2D eigenvalue weighted by atomic mass is 32.2. The molecule has 2 aromatic carbocycles. The number of quaternary nitrogens is 1. The molecule has 1 heterocycles. The molecule has 2 atom stereocenters. The number of benzene rings is 2. The van der Waals surface area contributed by atoms with Crippen molar-refractivity contribution in [2.75, 3.05) is 32.1 Å². The maximum absolute atomic E-state index is 13.7. The highest BCUT2D eigenvalue weighted by molar-refractivity contribution is 8.00. The van der Waals surface area contributed by atoms with Gasteiger partial charge < -0.3 is 15.0 Å². The molecule has 0 radical (unpaired) electrons. The maximum atomic E-state index is 13.7. The van der Waals surface area contributed by atoms with Gasteiger partial charge in [-0.1, -0.05) is 30.3 Å². The average molecular weight is 408 g/mol. The molecule has 0 aromatic heterocycles. The number of morpholine rings is 1. The molecule has 1 amide bonds. The number of halogens is 2. The van der Waals surface area contributed by atoms with Gasteiger partial charge in [-0.25, -0.2) is 8.78 Å². The monoisotopic (exact) mass is 407 g/mol. The first kappa shape index (κ1) is 20.8. The Hall–Kier alpha value is -1.96. The van der Waals surface area contributed by atoms with E-state index in [1.54, 1.807) is 0 Å². The van der Waals surface area contributed by atoms with Crippen molar-refractivity contribution in [3.05, 3.63) is 65.7 Å². The Morgan fingerprint density at radius 3 is 2.57 bits per heavy atom. The Kier molecular flexibility index (Phi) is 7.42. The molecule has 150 valence electrons. The van der Waals surface area contributed by atoms with Crippen LogP contribution in [0.15, 0.2) is 53.4 Å².